The topological polar surface area (TPSA) is 73.8 Å². The van der Waals surface area contributed by atoms with Crippen LogP contribution in [0, 0.1) is 29.1 Å². The maximum Gasteiger partial charge on any atom is 0.233 e. The van der Waals surface area contributed by atoms with Gasteiger partial charge >= 0.3 is 0 Å². The molecular formula is C25H34N4O3. The van der Waals surface area contributed by atoms with Crippen LogP contribution < -0.4 is 4.90 Å². The Kier molecular flexibility index (Phi) is 5.56. The van der Waals surface area contributed by atoms with Gasteiger partial charge in [-0.3, -0.25) is 24.2 Å². The Hall–Kier alpha value is -2.28. The number of likely N-dealkylation sites (tertiary alicyclic amines) is 1. The van der Waals surface area contributed by atoms with Gasteiger partial charge in [0, 0.05) is 51.3 Å². The maximum absolute atomic E-state index is 13.2. The van der Waals surface area contributed by atoms with Crippen molar-refractivity contribution in [3.63, 3.8) is 0 Å². The highest BCUT2D eigenvalue weighted by Gasteiger charge is 2.66. The number of pyridine rings is 1. The molecule has 0 spiro atoms. The molecule has 5 atom stereocenters. The first kappa shape index (κ1) is 21.6. The molecule has 5 aliphatic rings. The monoisotopic (exact) mass is 438 g/mol. The van der Waals surface area contributed by atoms with Crippen LogP contribution in [-0.4, -0.2) is 71.6 Å². The van der Waals surface area contributed by atoms with Gasteiger partial charge in [-0.1, -0.05) is 19.9 Å². The number of carbonyl (C=O) groups is 3. The molecule has 3 aliphatic carbocycles. The molecule has 0 aromatic carbocycles. The Labute approximate surface area is 190 Å². The number of amides is 2. The zero-order valence-corrected chi connectivity index (χ0v) is 19.2. The number of ketones is 1. The molecular weight excluding hydrogens is 404 g/mol. The van der Waals surface area contributed by atoms with Gasteiger partial charge in [0.05, 0.1) is 11.8 Å². The molecule has 2 aliphatic heterocycles. The lowest BCUT2D eigenvalue weighted by Crippen LogP contribution is -2.56. The summed E-state index contributed by atoms with van der Waals surface area (Å²) in [6, 6.07) is 6.01. The first-order valence-electron chi connectivity index (χ1n) is 12.2. The molecule has 5 fully saturated rings. The highest BCUT2D eigenvalue weighted by Crippen LogP contribution is 2.60. The van der Waals surface area contributed by atoms with E-state index in [-0.39, 0.29) is 40.8 Å². The first-order chi connectivity index (χ1) is 15.4. The Morgan fingerprint density at radius 2 is 1.75 bits per heavy atom. The van der Waals surface area contributed by atoms with E-state index < -0.39 is 5.92 Å². The van der Waals surface area contributed by atoms with Crippen molar-refractivity contribution in [1.29, 1.82) is 0 Å². The fraction of sp³-hybridized carbons (Fsp3) is 0.680. The molecule has 0 radical (unpaired) electrons. The van der Waals surface area contributed by atoms with Gasteiger partial charge in [-0.05, 0) is 49.3 Å². The molecule has 1 aromatic rings. The van der Waals surface area contributed by atoms with Gasteiger partial charge < -0.3 is 4.90 Å². The second kappa shape index (κ2) is 8.25. The third-order valence-corrected chi connectivity index (χ3v) is 8.38. The highest BCUT2D eigenvalue weighted by atomic mass is 16.2. The zero-order valence-electron chi connectivity index (χ0n) is 19.2. The van der Waals surface area contributed by atoms with E-state index in [4.69, 9.17) is 0 Å². The minimum atomic E-state index is -0.405. The van der Waals surface area contributed by atoms with Crippen molar-refractivity contribution in [1.82, 2.24) is 14.8 Å². The van der Waals surface area contributed by atoms with E-state index in [1.54, 1.807) is 0 Å². The van der Waals surface area contributed by atoms with Crippen LogP contribution in [0.3, 0.4) is 0 Å². The van der Waals surface area contributed by atoms with Crippen molar-refractivity contribution in [2.75, 3.05) is 44.2 Å². The van der Waals surface area contributed by atoms with E-state index >= 15 is 0 Å². The van der Waals surface area contributed by atoms with Crippen molar-refractivity contribution >= 4 is 23.4 Å². The van der Waals surface area contributed by atoms with Gasteiger partial charge in [0.15, 0.2) is 0 Å². The number of carbonyl (C=O) groups excluding carboxylic acids is 3. The largest absolute Gasteiger partial charge is 0.354 e. The van der Waals surface area contributed by atoms with Crippen LogP contribution in [0.5, 0.6) is 0 Å². The summed E-state index contributed by atoms with van der Waals surface area (Å²) in [6.45, 7) is 9.53. The van der Waals surface area contributed by atoms with Crippen LogP contribution in [0.25, 0.3) is 0 Å². The standard InChI is InChI=1S/C25H34N4O3/c1-17-15-25(2)16-18(30)20(17)21-22(25)24(32)29(23(21)31)10-6-5-9-27-11-13-28(14-12-27)19-7-3-4-8-26-19/h3-4,7-8,17,20-22H,5-6,9-16H2,1-2H3/t17?,20-,21?,22?,25+/m0/s1. The second-order valence-electron chi connectivity index (χ2n) is 10.6. The predicted octanol–water partition coefficient (Wildman–Crippen LogP) is 2.22. The number of nitrogens with zero attached hydrogens (tertiary/aromatic N) is 4. The fourth-order valence-electron chi connectivity index (χ4n) is 6.97. The summed E-state index contributed by atoms with van der Waals surface area (Å²) in [5.41, 5.74) is -0.343. The van der Waals surface area contributed by atoms with Gasteiger partial charge in [0.2, 0.25) is 11.8 Å². The Morgan fingerprint density at radius 1 is 1.00 bits per heavy atom. The van der Waals surface area contributed by atoms with Crippen LogP contribution in [0.15, 0.2) is 24.4 Å². The van der Waals surface area contributed by atoms with E-state index in [9.17, 15) is 14.4 Å². The molecule has 2 saturated heterocycles. The van der Waals surface area contributed by atoms with Crippen LogP contribution in [0.4, 0.5) is 5.82 Å². The Morgan fingerprint density at radius 3 is 2.44 bits per heavy atom. The number of Topliss-reactive ketones (excluding diaryl/α,β-unsaturated/α-hetero) is 1. The molecule has 1 aromatic heterocycles. The second-order valence-corrected chi connectivity index (χ2v) is 10.6. The number of imide groups is 1. The van der Waals surface area contributed by atoms with Crippen LogP contribution in [0.2, 0.25) is 0 Å². The number of aromatic nitrogens is 1. The molecule has 3 heterocycles. The van der Waals surface area contributed by atoms with Crippen molar-refractivity contribution in [2.45, 2.75) is 39.5 Å². The van der Waals surface area contributed by atoms with E-state index in [1.807, 2.05) is 25.3 Å². The van der Waals surface area contributed by atoms with E-state index in [0.717, 1.165) is 57.8 Å². The molecule has 2 amide bonds. The molecule has 7 heteroatoms. The van der Waals surface area contributed by atoms with E-state index in [2.05, 4.69) is 27.8 Å². The molecule has 6 rings (SSSR count). The maximum atomic E-state index is 13.2. The number of hydrogen-bond donors (Lipinski definition) is 0. The lowest BCUT2D eigenvalue weighted by molar-refractivity contribution is -0.157. The number of unbranched alkanes of at least 4 members (excludes halogenated alkanes) is 1. The molecule has 0 N–H and O–H groups in total. The summed E-state index contributed by atoms with van der Waals surface area (Å²) in [7, 11) is 0. The van der Waals surface area contributed by atoms with Crippen LogP contribution in [0.1, 0.15) is 39.5 Å². The third-order valence-electron chi connectivity index (χ3n) is 8.38. The summed E-state index contributed by atoms with van der Waals surface area (Å²) in [5.74, 6) is 0.388. The van der Waals surface area contributed by atoms with Gasteiger partial charge in [-0.15, -0.1) is 0 Å². The minimum absolute atomic E-state index is 0.0177. The number of anilines is 1. The number of piperazine rings is 1. The van der Waals surface area contributed by atoms with Crippen LogP contribution in [-0.2, 0) is 14.4 Å². The lowest BCUT2D eigenvalue weighted by atomic mass is 9.48. The van der Waals surface area contributed by atoms with Crippen molar-refractivity contribution in [3.8, 4) is 0 Å². The SMILES string of the molecule is CC1C[C@]2(C)CC(=O)[C@H]1C1C(=O)N(CCCCN3CCN(c4ccccn4)CC3)C(=O)C12. The lowest BCUT2D eigenvalue weighted by Gasteiger charge is -2.52. The van der Waals surface area contributed by atoms with E-state index in [0.29, 0.717) is 13.0 Å². The number of hydrogen-bond acceptors (Lipinski definition) is 6. The molecule has 3 unspecified atom stereocenters. The van der Waals surface area contributed by atoms with Gasteiger partial charge in [0.1, 0.15) is 11.6 Å². The van der Waals surface area contributed by atoms with Crippen LogP contribution >= 0.6 is 0 Å². The third kappa shape index (κ3) is 3.54. The number of fused-ring (bicyclic) bond motifs is 2. The predicted molar refractivity (Wildman–Crippen MR) is 121 cm³/mol. The zero-order chi connectivity index (χ0) is 22.5. The highest BCUT2D eigenvalue weighted by molar-refractivity contribution is 6.09. The normalized spacial score (nSPS) is 35.0. The van der Waals surface area contributed by atoms with E-state index in [1.165, 1.54) is 4.90 Å². The summed E-state index contributed by atoms with van der Waals surface area (Å²) in [4.78, 5) is 49.7. The molecule has 7 nitrogen and oxygen atoms in total. The summed E-state index contributed by atoms with van der Waals surface area (Å²) in [5, 5.41) is 0. The molecule has 2 bridgehead atoms. The summed E-state index contributed by atoms with van der Waals surface area (Å²) < 4.78 is 0. The summed E-state index contributed by atoms with van der Waals surface area (Å²) in [6.07, 6.45) is 4.96. The smallest absolute Gasteiger partial charge is 0.233 e. The number of rotatable bonds is 6. The summed E-state index contributed by atoms with van der Waals surface area (Å²) >= 11 is 0. The molecule has 172 valence electrons. The minimum Gasteiger partial charge on any atom is -0.354 e. The van der Waals surface area contributed by atoms with Crippen molar-refractivity contribution < 1.29 is 14.4 Å². The first-order valence-corrected chi connectivity index (χ1v) is 12.2. The molecule has 32 heavy (non-hydrogen) atoms. The van der Waals surface area contributed by atoms with Crippen molar-refractivity contribution in [3.05, 3.63) is 24.4 Å². The van der Waals surface area contributed by atoms with Crippen molar-refractivity contribution in [2.24, 2.45) is 29.1 Å². The fourth-order valence-corrected chi connectivity index (χ4v) is 6.97. The quantitative estimate of drug-likeness (QED) is 0.501. The molecule has 3 saturated carbocycles. The van der Waals surface area contributed by atoms with Gasteiger partial charge in [-0.2, -0.15) is 0 Å². The van der Waals surface area contributed by atoms with Gasteiger partial charge in [-0.25, -0.2) is 4.98 Å². The average molecular weight is 439 g/mol. The van der Waals surface area contributed by atoms with Gasteiger partial charge in [0.25, 0.3) is 0 Å². The Balaban J connectivity index is 1.11. The Bertz CT molecular complexity index is 898. The average Bonchev–Trinajstić information content (AvgIpc) is 3.03.